The lowest BCUT2D eigenvalue weighted by atomic mass is 10.2. The largest absolute Gasteiger partial charge is 0.481 e. The molecule has 0 spiro atoms. The fourth-order valence-electron chi connectivity index (χ4n) is 1.58. The summed E-state index contributed by atoms with van der Waals surface area (Å²) in [5.74, 6) is -1.75. The second-order valence-electron chi connectivity index (χ2n) is 4.50. The second-order valence-corrected chi connectivity index (χ2v) is 4.90. The molecule has 1 amide bonds. The molecule has 0 heterocycles. The Kier molecular flexibility index (Phi) is 7.19. The highest BCUT2D eigenvalue weighted by Gasteiger charge is 2.14. The summed E-state index contributed by atoms with van der Waals surface area (Å²) in [6.07, 6.45) is 1.42. The average Bonchev–Trinajstić information content (AvgIpc) is 2.52. The lowest BCUT2D eigenvalue weighted by Gasteiger charge is -2.07. The number of nitriles is 1. The van der Waals surface area contributed by atoms with E-state index >= 15 is 0 Å². The maximum atomic E-state index is 12.0. The van der Waals surface area contributed by atoms with E-state index in [2.05, 4.69) is 10.6 Å². The number of hydrogen-bond donors (Lipinski definition) is 3. The first-order valence-electron chi connectivity index (χ1n) is 6.66. The zero-order chi connectivity index (χ0) is 18.1. The van der Waals surface area contributed by atoms with Gasteiger partial charge >= 0.3 is 5.97 Å². The third kappa shape index (κ3) is 5.94. The molecule has 3 N–H and O–H groups in total. The van der Waals surface area contributed by atoms with Crippen molar-refractivity contribution in [3.63, 3.8) is 0 Å². The maximum absolute atomic E-state index is 12.0. The number of carbonyl (C=O) groups excluding carboxylic acids is 1. The zero-order valence-electron chi connectivity index (χ0n) is 12.3. The van der Waals surface area contributed by atoms with Gasteiger partial charge in [-0.25, -0.2) is 0 Å². The van der Waals surface area contributed by atoms with Crippen molar-refractivity contribution in [2.24, 2.45) is 0 Å². The Balaban J connectivity index is 2.74. The first-order valence-corrected chi connectivity index (χ1v) is 7.03. The first-order chi connectivity index (χ1) is 11.3. The minimum absolute atomic E-state index is 0.00268. The quantitative estimate of drug-likeness (QED) is 0.213. The van der Waals surface area contributed by atoms with E-state index in [0.717, 1.165) is 12.3 Å². The van der Waals surface area contributed by atoms with Gasteiger partial charge in [0.2, 0.25) is 0 Å². The van der Waals surface area contributed by atoms with Crippen LogP contribution in [0, 0.1) is 21.4 Å². The van der Waals surface area contributed by atoms with Gasteiger partial charge in [0.25, 0.3) is 11.6 Å². The van der Waals surface area contributed by atoms with Crippen LogP contribution in [0.1, 0.15) is 12.8 Å². The number of nitro groups is 1. The van der Waals surface area contributed by atoms with Gasteiger partial charge in [0.1, 0.15) is 11.6 Å². The van der Waals surface area contributed by atoms with Gasteiger partial charge in [-0.1, -0.05) is 11.6 Å². The van der Waals surface area contributed by atoms with Crippen LogP contribution in [-0.2, 0) is 9.59 Å². The molecule has 0 saturated carbocycles. The number of anilines is 1. The number of carboxylic acid groups (broad SMARTS) is 1. The van der Waals surface area contributed by atoms with Gasteiger partial charge in [-0.05, 0) is 12.5 Å². The van der Waals surface area contributed by atoms with Gasteiger partial charge in [0.05, 0.1) is 15.6 Å². The Morgan fingerprint density at radius 2 is 2.17 bits per heavy atom. The molecule has 0 aromatic heterocycles. The number of non-ortho nitro benzene ring substituents is 1. The monoisotopic (exact) mass is 352 g/mol. The van der Waals surface area contributed by atoms with E-state index < -0.39 is 16.8 Å². The average molecular weight is 353 g/mol. The van der Waals surface area contributed by atoms with Crippen molar-refractivity contribution in [3.8, 4) is 6.07 Å². The van der Waals surface area contributed by atoms with Gasteiger partial charge in [-0.15, -0.1) is 0 Å². The van der Waals surface area contributed by atoms with E-state index in [1.165, 1.54) is 12.1 Å². The summed E-state index contributed by atoms with van der Waals surface area (Å²) < 4.78 is 0. The number of benzene rings is 1. The maximum Gasteiger partial charge on any atom is 0.303 e. The van der Waals surface area contributed by atoms with Crippen LogP contribution < -0.4 is 10.6 Å². The van der Waals surface area contributed by atoms with Gasteiger partial charge in [-0.2, -0.15) is 5.26 Å². The molecule has 1 aromatic carbocycles. The predicted molar refractivity (Wildman–Crippen MR) is 85.3 cm³/mol. The number of carbonyl (C=O) groups is 2. The third-order valence-electron chi connectivity index (χ3n) is 2.73. The van der Waals surface area contributed by atoms with Crippen LogP contribution in [0.2, 0.25) is 5.02 Å². The van der Waals surface area contributed by atoms with Crippen LogP contribution in [0.4, 0.5) is 11.4 Å². The van der Waals surface area contributed by atoms with Crippen molar-refractivity contribution in [1.29, 1.82) is 5.26 Å². The van der Waals surface area contributed by atoms with Crippen LogP contribution >= 0.6 is 11.6 Å². The molecule has 1 aromatic rings. The van der Waals surface area contributed by atoms with Crippen molar-refractivity contribution >= 4 is 34.9 Å². The van der Waals surface area contributed by atoms with E-state index in [4.69, 9.17) is 22.0 Å². The fourth-order valence-corrected chi connectivity index (χ4v) is 1.74. The Bertz CT molecular complexity index is 726. The number of nitrogens with one attached hydrogen (secondary N) is 2. The number of nitrogens with zero attached hydrogens (tertiary/aromatic N) is 2. The van der Waals surface area contributed by atoms with Crippen molar-refractivity contribution in [1.82, 2.24) is 5.32 Å². The van der Waals surface area contributed by atoms with Crippen LogP contribution in [0.15, 0.2) is 30.0 Å². The Hall–Kier alpha value is -3.12. The molecular formula is C14H13ClN4O5. The molecule has 0 radical (unpaired) electrons. The molecule has 0 bridgehead atoms. The van der Waals surface area contributed by atoms with Gasteiger partial charge in [0.15, 0.2) is 0 Å². The van der Waals surface area contributed by atoms with E-state index in [1.54, 1.807) is 6.07 Å². The molecule has 0 aliphatic rings. The predicted octanol–water partition coefficient (Wildman–Crippen LogP) is 2.05. The number of amides is 1. The summed E-state index contributed by atoms with van der Waals surface area (Å²) >= 11 is 5.86. The van der Waals surface area contributed by atoms with E-state index in [1.807, 2.05) is 0 Å². The van der Waals surface area contributed by atoms with E-state index in [-0.39, 0.29) is 34.9 Å². The second kappa shape index (κ2) is 9.12. The summed E-state index contributed by atoms with van der Waals surface area (Å²) in [7, 11) is 0. The standard InChI is InChI=1S/C14H13ClN4O5/c15-11-4-3-10(19(23)24)6-12(11)18-14(22)9(7-16)8-17-5-1-2-13(20)21/h3-4,6,8,17H,1-2,5H2,(H,18,22)(H,20,21)/b9-8-. The Morgan fingerprint density at radius 3 is 2.75 bits per heavy atom. The Morgan fingerprint density at radius 1 is 1.46 bits per heavy atom. The molecule has 10 heteroatoms. The first kappa shape index (κ1) is 18.9. The minimum Gasteiger partial charge on any atom is -0.481 e. The van der Waals surface area contributed by atoms with Crippen LogP contribution in [0.3, 0.4) is 0 Å². The SMILES string of the molecule is N#C/C(=C/NCCCC(=O)O)C(=O)Nc1cc([N+](=O)[O-])ccc1Cl. The fraction of sp³-hybridized carbons (Fsp3) is 0.214. The van der Waals surface area contributed by atoms with Gasteiger partial charge in [-0.3, -0.25) is 19.7 Å². The highest BCUT2D eigenvalue weighted by molar-refractivity contribution is 6.34. The molecular weight excluding hydrogens is 340 g/mol. The molecule has 0 atom stereocenters. The van der Waals surface area contributed by atoms with Crippen molar-refractivity contribution in [3.05, 3.63) is 45.1 Å². The molecule has 24 heavy (non-hydrogen) atoms. The van der Waals surface area contributed by atoms with Gasteiger partial charge in [0, 0.05) is 31.3 Å². The van der Waals surface area contributed by atoms with Crippen molar-refractivity contribution < 1.29 is 19.6 Å². The summed E-state index contributed by atoms with van der Waals surface area (Å²) in [6.45, 7) is 0.266. The Labute approximate surface area is 141 Å². The number of aliphatic carboxylic acids is 1. The summed E-state index contributed by atoms with van der Waals surface area (Å²) in [6, 6.07) is 5.19. The molecule has 1 rings (SSSR count). The lowest BCUT2D eigenvalue weighted by Crippen LogP contribution is -2.17. The smallest absolute Gasteiger partial charge is 0.303 e. The number of rotatable bonds is 8. The zero-order valence-corrected chi connectivity index (χ0v) is 13.0. The molecule has 0 unspecified atom stereocenters. The number of hydrogen-bond acceptors (Lipinski definition) is 6. The van der Waals surface area contributed by atoms with E-state index in [9.17, 15) is 19.7 Å². The van der Waals surface area contributed by atoms with Crippen molar-refractivity contribution in [2.45, 2.75) is 12.8 Å². The number of carboxylic acids is 1. The number of nitro benzene ring substituents is 1. The van der Waals surface area contributed by atoms with E-state index in [0.29, 0.717) is 6.42 Å². The summed E-state index contributed by atoms with van der Waals surface area (Å²) in [5, 5.41) is 33.2. The summed E-state index contributed by atoms with van der Waals surface area (Å²) in [5.41, 5.74) is -0.542. The highest BCUT2D eigenvalue weighted by atomic mass is 35.5. The molecule has 126 valence electrons. The highest BCUT2D eigenvalue weighted by Crippen LogP contribution is 2.26. The molecule has 9 nitrogen and oxygen atoms in total. The number of halogens is 1. The minimum atomic E-state index is -0.945. The molecule has 0 aliphatic carbocycles. The topological polar surface area (TPSA) is 145 Å². The van der Waals surface area contributed by atoms with Crippen LogP contribution in [0.5, 0.6) is 0 Å². The van der Waals surface area contributed by atoms with Crippen LogP contribution in [0.25, 0.3) is 0 Å². The molecule has 0 saturated heterocycles. The van der Waals surface area contributed by atoms with Crippen molar-refractivity contribution in [2.75, 3.05) is 11.9 Å². The third-order valence-corrected chi connectivity index (χ3v) is 3.06. The van der Waals surface area contributed by atoms with Crippen LogP contribution in [-0.4, -0.2) is 28.5 Å². The molecule has 0 aliphatic heterocycles. The summed E-state index contributed by atoms with van der Waals surface area (Å²) in [4.78, 5) is 32.4. The lowest BCUT2D eigenvalue weighted by molar-refractivity contribution is -0.384. The normalized spacial score (nSPS) is 10.6. The van der Waals surface area contributed by atoms with Gasteiger partial charge < -0.3 is 15.7 Å². The molecule has 0 fully saturated rings.